The molecule has 5 aliphatic rings. The van der Waals surface area contributed by atoms with Crippen LogP contribution < -0.4 is 9.47 Å². The van der Waals surface area contributed by atoms with E-state index in [1.807, 2.05) is 4.90 Å². The molecule has 2 bridgehead atoms. The molecule has 2 aromatic carbocycles. The number of nitrogens with zero attached hydrogens (tertiary/aromatic N) is 3. The summed E-state index contributed by atoms with van der Waals surface area (Å²) < 4.78 is 12.7. The van der Waals surface area contributed by atoms with E-state index in [2.05, 4.69) is 71.2 Å². The maximum Gasteiger partial charge on any atom is 0.270 e. The summed E-state index contributed by atoms with van der Waals surface area (Å²) in [4.78, 5) is 24.8. The number of carbonyl (C=O) groups is 1. The van der Waals surface area contributed by atoms with Gasteiger partial charge in [-0.1, -0.05) is 36.4 Å². The summed E-state index contributed by atoms with van der Waals surface area (Å²) in [6.45, 7) is 7.61. The molecular formula is C34H40N4O3. The SMILES string of the molecule is COc1ccc2c3c1O[C@H]1c4[nH]c(C(=O)N5CCN(CCc6ccccc6)CC5)c(C)c4CC4[C@H](C2)N(C)CC[C@@]341. The molecule has 0 radical (unpaired) electrons. The number of carbonyl (C=O) groups excluding carboxylic acids is 1. The van der Waals surface area contributed by atoms with Crippen molar-refractivity contribution in [2.24, 2.45) is 5.92 Å². The summed E-state index contributed by atoms with van der Waals surface area (Å²) >= 11 is 0. The summed E-state index contributed by atoms with van der Waals surface area (Å²) in [5.74, 6) is 2.36. The molecule has 4 heterocycles. The van der Waals surface area contributed by atoms with Gasteiger partial charge in [-0.2, -0.15) is 0 Å². The average molecular weight is 553 g/mol. The molecule has 1 unspecified atom stereocenters. The Morgan fingerprint density at radius 1 is 1.07 bits per heavy atom. The summed E-state index contributed by atoms with van der Waals surface area (Å²) in [6, 6.07) is 15.5. The lowest BCUT2D eigenvalue weighted by atomic mass is 9.51. The second-order valence-corrected chi connectivity index (χ2v) is 12.9. The van der Waals surface area contributed by atoms with Gasteiger partial charge in [-0.05, 0) is 80.4 Å². The Kier molecular flexibility index (Phi) is 5.81. The number of rotatable bonds is 5. The fourth-order valence-electron chi connectivity index (χ4n) is 8.92. The van der Waals surface area contributed by atoms with Crippen molar-refractivity contribution < 1.29 is 14.3 Å². The molecule has 2 aliphatic carbocycles. The number of benzene rings is 2. The average Bonchev–Trinajstić information content (AvgIpc) is 3.53. The first kappa shape index (κ1) is 25.4. The zero-order chi connectivity index (χ0) is 27.9. The van der Waals surface area contributed by atoms with Crippen molar-refractivity contribution in [2.45, 2.75) is 50.2 Å². The highest BCUT2D eigenvalue weighted by molar-refractivity contribution is 5.94. The van der Waals surface area contributed by atoms with Crippen molar-refractivity contribution in [1.29, 1.82) is 0 Å². The number of ether oxygens (including phenoxy) is 2. The van der Waals surface area contributed by atoms with E-state index in [4.69, 9.17) is 9.47 Å². The van der Waals surface area contributed by atoms with Gasteiger partial charge in [0.2, 0.25) is 0 Å². The van der Waals surface area contributed by atoms with Gasteiger partial charge >= 0.3 is 0 Å². The number of piperidine rings is 1. The second-order valence-electron chi connectivity index (χ2n) is 12.9. The number of likely N-dealkylation sites (tertiary alicyclic amines) is 1. The first-order valence-corrected chi connectivity index (χ1v) is 15.3. The number of piperazine rings is 1. The Balaban J connectivity index is 1.08. The molecule has 2 saturated heterocycles. The molecule has 3 aliphatic heterocycles. The molecule has 0 saturated carbocycles. The predicted molar refractivity (Wildman–Crippen MR) is 158 cm³/mol. The third-order valence-electron chi connectivity index (χ3n) is 11.1. The van der Waals surface area contributed by atoms with Crippen LogP contribution in [0.25, 0.3) is 0 Å². The van der Waals surface area contributed by atoms with Crippen LogP contribution in [0.15, 0.2) is 42.5 Å². The van der Waals surface area contributed by atoms with Crippen molar-refractivity contribution in [2.75, 3.05) is 53.4 Å². The van der Waals surface area contributed by atoms with E-state index in [9.17, 15) is 4.79 Å². The smallest absolute Gasteiger partial charge is 0.270 e. The number of hydrogen-bond donors (Lipinski definition) is 1. The first-order chi connectivity index (χ1) is 20.0. The number of H-pyrrole nitrogens is 1. The van der Waals surface area contributed by atoms with E-state index in [1.165, 1.54) is 22.3 Å². The highest BCUT2D eigenvalue weighted by Gasteiger charge is 2.65. The quantitative estimate of drug-likeness (QED) is 0.516. The number of aromatic amines is 1. The van der Waals surface area contributed by atoms with Crippen molar-refractivity contribution in [3.63, 3.8) is 0 Å². The van der Waals surface area contributed by atoms with Crippen LogP contribution in [0.2, 0.25) is 0 Å². The Bertz CT molecular complexity index is 1510. The fourth-order valence-corrected chi connectivity index (χ4v) is 8.92. The highest BCUT2D eigenvalue weighted by Crippen LogP contribution is 2.67. The normalized spacial score (nSPS) is 28.2. The Hall–Kier alpha value is -3.29. The third kappa shape index (κ3) is 3.61. The summed E-state index contributed by atoms with van der Waals surface area (Å²) in [7, 11) is 4.02. The molecule has 7 heteroatoms. The van der Waals surface area contributed by atoms with Gasteiger partial charge in [-0.25, -0.2) is 0 Å². The van der Waals surface area contributed by atoms with Crippen LogP contribution in [0.1, 0.15) is 56.5 Å². The largest absolute Gasteiger partial charge is 0.493 e. The Labute approximate surface area is 242 Å². The van der Waals surface area contributed by atoms with Gasteiger partial charge in [0.25, 0.3) is 5.91 Å². The van der Waals surface area contributed by atoms with E-state index in [0.29, 0.717) is 12.0 Å². The van der Waals surface area contributed by atoms with Crippen molar-refractivity contribution in [1.82, 2.24) is 19.7 Å². The van der Waals surface area contributed by atoms with Gasteiger partial charge in [0, 0.05) is 49.7 Å². The predicted octanol–water partition coefficient (Wildman–Crippen LogP) is 4.14. The van der Waals surface area contributed by atoms with Crippen LogP contribution in [0, 0.1) is 12.8 Å². The Morgan fingerprint density at radius 3 is 2.66 bits per heavy atom. The van der Waals surface area contributed by atoms with Gasteiger partial charge in [0.1, 0.15) is 11.8 Å². The minimum absolute atomic E-state index is 0.0658. The number of likely N-dealkylation sites (N-methyl/N-ethyl adjacent to an activating group) is 1. The van der Waals surface area contributed by atoms with Crippen molar-refractivity contribution in [3.8, 4) is 11.5 Å². The van der Waals surface area contributed by atoms with Crippen molar-refractivity contribution >= 4 is 5.91 Å². The number of methoxy groups -OCH3 is 1. The monoisotopic (exact) mass is 552 g/mol. The molecule has 1 amide bonds. The number of aromatic nitrogens is 1. The van der Waals surface area contributed by atoms with E-state index in [1.54, 1.807) is 7.11 Å². The van der Waals surface area contributed by atoms with Crippen LogP contribution >= 0.6 is 0 Å². The van der Waals surface area contributed by atoms with Gasteiger partial charge < -0.3 is 24.3 Å². The first-order valence-electron chi connectivity index (χ1n) is 15.3. The van der Waals surface area contributed by atoms with E-state index >= 15 is 0 Å². The number of hydrogen-bond acceptors (Lipinski definition) is 5. The standard InChI is InChI=1S/C34H40N4O3/c1-21-24-20-25-26-19-23-9-10-27(40-3)31-28(23)34(25,12-14-36(26)2)32(41-31)30(24)35-29(21)33(39)38-17-15-37(16-18-38)13-11-22-7-5-4-6-8-22/h4-10,25-26,32,35H,11-20H2,1-3H3/t25?,26-,32-,34-/m0/s1. The van der Waals surface area contributed by atoms with E-state index < -0.39 is 0 Å². The molecular weight excluding hydrogens is 512 g/mol. The molecule has 41 heavy (non-hydrogen) atoms. The molecule has 214 valence electrons. The number of amides is 1. The fraction of sp³-hybridized carbons (Fsp3) is 0.500. The Morgan fingerprint density at radius 2 is 1.88 bits per heavy atom. The summed E-state index contributed by atoms with van der Waals surface area (Å²) in [5.41, 5.74) is 8.40. The van der Waals surface area contributed by atoms with Gasteiger partial charge in [0.05, 0.1) is 12.8 Å². The topological polar surface area (TPSA) is 61.0 Å². The van der Waals surface area contributed by atoms with E-state index in [0.717, 1.165) is 93.4 Å². The lowest BCUT2D eigenvalue weighted by Gasteiger charge is -2.57. The molecule has 1 N–H and O–H groups in total. The third-order valence-corrected chi connectivity index (χ3v) is 11.1. The molecule has 7 nitrogen and oxygen atoms in total. The van der Waals surface area contributed by atoms with Gasteiger partial charge in [0.15, 0.2) is 11.5 Å². The zero-order valence-electron chi connectivity index (χ0n) is 24.4. The van der Waals surface area contributed by atoms with Crippen LogP contribution in [-0.2, 0) is 24.7 Å². The molecule has 1 spiro atoms. The van der Waals surface area contributed by atoms with Crippen LogP contribution in [0.5, 0.6) is 11.5 Å². The highest BCUT2D eigenvalue weighted by atomic mass is 16.5. The maximum absolute atomic E-state index is 14.0. The molecule has 8 rings (SSSR count). The second kappa shape index (κ2) is 9.36. The van der Waals surface area contributed by atoms with Crippen molar-refractivity contribution in [3.05, 3.63) is 81.7 Å². The van der Waals surface area contributed by atoms with Gasteiger partial charge in [-0.3, -0.25) is 9.69 Å². The molecule has 4 atom stereocenters. The minimum Gasteiger partial charge on any atom is -0.493 e. The van der Waals surface area contributed by atoms with Crippen LogP contribution in [0.4, 0.5) is 0 Å². The van der Waals surface area contributed by atoms with Gasteiger partial charge in [-0.15, -0.1) is 0 Å². The summed E-state index contributed by atoms with van der Waals surface area (Å²) in [5, 5.41) is 0. The van der Waals surface area contributed by atoms with Crippen LogP contribution in [0.3, 0.4) is 0 Å². The van der Waals surface area contributed by atoms with Crippen LogP contribution in [-0.4, -0.2) is 85.1 Å². The number of fused-ring (bicyclic) bond motifs is 2. The molecule has 1 aromatic heterocycles. The zero-order valence-corrected chi connectivity index (χ0v) is 24.4. The maximum atomic E-state index is 14.0. The minimum atomic E-state index is -0.104. The molecule has 2 fully saturated rings. The molecule has 3 aromatic rings. The lowest BCUT2D eigenvalue weighted by molar-refractivity contribution is -0.0256. The van der Waals surface area contributed by atoms with E-state index in [-0.39, 0.29) is 17.4 Å². The summed E-state index contributed by atoms with van der Waals surface area (Å²) in [6.07, 6.45) is 4.04. The number of nitrogens with one attached hydrogen (secondary N) is 1. The lowest BCUT2D eigenvalue weighted by Crippen LogP contribution is -2.62.